The Kier molecular flexibility index (Phi) is 5.62. The van der Waals surface area contributed by atoms with Crippen LogP contribution in [0.2, 0.25) is 0 Å². The maximum absolute atomic E-state index is 11.6. The van der Waals surface area contributed by atoms with Crippen LogP contribution in [0.15, 0.2) is 35.2 Å². The minimum atomic E-state index is -0.595. The van der Waals surface area contributed by atoms with Gasteiger partial charge in [0, 0.05) is 23.6 Å². The fourth-order valence-electron chi connectivity index (χ4n) is 1.90. The number of rotatable bonds is 7. The number of hydrogen-bond acceptors (Lipinski definition) is 4. The molecular weight excluding hydrogens is 290 g/mol. The van der Waals surface area contributed by atoms with Gasteiger partial charge in [-0.1, -0.05) is 18.2 Å². The quantitative estimate of drug-likeness (QED) is 0.396. The molecule has 21 heavy (non-hydrogen) atoms. The van der Waals surface area contributed by atoms with Crippen LogP contribution in [0.3, 0.4) is 0 Å². The summed E-state index contributed by atoms with van der Waals surface area (Å²) >= 11 is 1.67. The molecule has 0 aromatic heterocycles. The number of nitrogens with one attached hydrogen (secondary N) is 3. The normalized spacial score (nSPS) is 17.2. The van der Waals surface area contributed by atoms with Crippen LogP contribution < -0.4 is 16.0 Å². The van der Waals surface area contributed by atoms with Crippen molar-refractivity contribution >= 4 is 29.6 Å². The highest BCUT2D eigenvalue weighted by atomic mass is 32.2. The average molecular weight is 307 g/mol. The van der Waals surface area contributed by atoms with Crippen molar-refractivity contribution in [3.05, 3.63) is 30.3 Å². The van der Waals surface area contributed by atoms with Gasteiger partial charge in [0.05, 0.1) is 0 Å². The number of carbonyl (C=O) groups is 3. The number of urea groups is 1. The third-order valence-electron chi connectivity index (χ3n) is 2.95. The molecule has 0 radical (unpaired) electrons. The summed E-state index contributed by atoms with van der Waals surface area (Å²) in [5.41, 5.74) is 0. The van der Waals surface area contributed by atoms with Gasteiger partial charge in [-0.15, -0.1) is 11.8 Å². The molecule has 1 heterocycles. The topological polar surface area (TPSA) is 87.3 Å². The predicted octanol–water partition coefficient (Wildman–Crippen LogP) is 0.883. The molecular formula is C14H17N3O3S. The standard InChI is InChI=1S/C14H17N3O3S/c18-12(7-6-11-13(19)17-14(20)16-11)15-8-9-21-10-4-2-1-3-5-10/h1-5,11H,6-9H2,(H,15,18)(H2,16,17,19,20)/t11-/m1/s1. The Hall–Kier alpha value is -2.02. The minimum Gasteiger partial charge on any atom is -0.355 e. The van der Waals surface area contributed by atoms with E-state index < -0.39 is 12.1 Å². The first-order valence-electron chi connectivity index (χ1n) is 6.71. The van der Waals surface area contributed by atoms with E-state index in [0.717, 1.165) is 10.6 Å². The lowest BCUT2D eigenvalue weighted by molar-refractivity contribution is -0.122. The summed E-state index contributed by atoms with van der Waals surface area (Å²) in [7, 11) is 0. The molecule has 1 aromatic carbocycles. The van der Waals surface area contributed by atoms with Gasteiger partial charge in [-0.3, -0.25) is 14.9 Å². The first kappa shape index (κ1) is 15.4. The van der Waals surface area contributed by atoms with Crippen LogP contribution in [0.5, 0.6) is 0 Å². The minimum absolute atomic E-state index is 0.113. The fraction of sp³-hybridized carbons (Fsp3) is 0.357. The molecule has 112 valence electrons. The lowest BCUT2D eigenvalue weighted by Crippen LogP contribution is -2.32. The van der Waals surface area contributed by atoms with Gasteiger partial charge in [-0.25, -0.2) is 4.79 Å². The van der Waals surface area contributed by atoms with Crippen molar-refractivity contribution < 1.29 is 14.4 Å². The van der Waals surface area contributed by atoms with Crippen LogP contribution in [0.4, 0.5) is 4.79 Å². The SMILES string of the molecule is O=C(CC[C@H]1NC(=O)NC1=O)NCCSc1ccccc1. The molecule has 3 N–H and O–H groups in total. The molecule has 2 rings (SSSR count). The maximum atomic E-state index is 11.6. The summed E-state index contributed by atoms with van der Waals surface area (Å²) in [6, 6.07) is 8.86. The van der Waals surface area contributed by atoms with Gasteiger partial charge >= 0.3 is 6.03 Å². The maximum Gasteiger partial charge on any atom is 0.322 e. The molecule has 0 spiro atoms. The van der Waals surface area contributed by atoms with Gasteiger partial charge in [-0.2, -0.15) is 0 Å². The van der Waals surface area contributed by atoms with Crippen molar-refractivity contribution in [3.63, 3.8) is 0 Å². The molecule has 0 aliphatic carbocycles. The fourth-order valence-corrected chi connectivity index (χ4v) is 2.69. The summed E-state index contributed by atoms with van der Waals surface area (Å²) in [4.78, 5) is 35.0. The summed E-state index contributed by atoms with van der Waals surface area (Å²) in [6.07, 6.45) is 0.531. The summed E-state index contributed by atoms with van der Waals surface area (Å²) < 4.78 is 0. The van der Waals surface area contributed by atoms with E-state index in [1.165, 1.54) is 0 Å². The molecule has 1 aliphatic heterocycles. The second-order valence-corrected chi connectivity index (χ2v) is 5.73. The van der Waals surface area contributed by atoms with Crippen LogP contribution in [-0.4, -0.2) is 36.2 Å². The third-order valence-corrected chi connectivity index (χ3v) is 3.97. The molecule has 0 bridgehead atoms. The molecule has 1 fully saturated rings. The van der Waals surface area contributed by atoms with Gasteiger partial charge in [0.15, 0.2) is 0 Å². The Morgan fingerprint density at radius 2 is 2.00 bits per heavy atom. The lowest BCUT2D eigenvalue weighted by atomic mass is 10.1. The monoisotopic (exact) mass is 307 g/mol. The molecule has 0 saturated carbocycles. The summed E-state index contributed by atoms with van der Waals surface area (Å²) in [5.74, 6) is 0.307. The predicted molar refractivity (Wildman–Crippen MR) is 79.9 cm³/mol. The van der Waals surface area contributed by atoms with E-state index in [-0.39, 0.29) is 18.2 Å². The molecule has 1 atom stereocenters. The number of hydrogen-bond donors (Lipinski definition) is 3. The van der Waals surface area contributed by atoms with Crippen LogP contribution in [-0.2, 0) is 9.59 Å². The van der Waals surface area contributed by atoms with Gasteiger partial charge in [0.25, 0.3) is 5.91 Å². The highest BCUT2D eigenvalue weighted by Gasteiger charge is 2.29. The van der Waals surface area contributed by atoms with Crippen molar-refractivity contribution in [3.8, 4) is 0 Å². The van der Waals surface area contributed by atoms with E-state index in [4.69, 9.17) is 0 Å². The number of amides is 4. The van der Waals surface area contributed by atoms with E-state index in [9.17, 15) is 14.4 Å². The first-order chi connectivity index (χ1) is 10.1. The molecule has 1 aromatic rings. The van der Waals surface area contributed by atoms with Crippen LogP contribution in [0.1, 0.15) is 12.8 Å². The zero-order valence-corrected chi connectivity index (χ0v) is 12.2. The van der Waals surface area contributed by atoms with E-state index in [1.807, 2.05) is 30.3 Å². The molecule has 7 heteroatoms. The smallest absolute Gasteiger partial charge is 0.322 e. The van der Waals surface area contributed by atoms with E-state index in [0.29, 0.717) is 13.0 Å². The van der Waals surface area contributed by atoms with Gasteiger partial charge in [-0.05, 0) is 18.6 Å². The molecule has 1 aliphatic rings. The first-order valence-corrected chi connectivity index (χ1v) is 7.69. The van der Waals surface area contributed by atoms with Gasteiger partial charge in [0.2, 0.25) is 5.91 Å². The molecule has 0 unspecified atom stereocenters. The number of imide groups is 1. The Balaban J connectivity index is 1.58. The van der Waals surface area contributed by atoms with Crippen LogP contribution >= 0.6 is 11.8 Å². The largest absolute Gasteiger partial charge is 0.355 e. The van der Waals surface area contributed by atoms with Gasteiger partial charge in [0.1, 0.15) is 6.04 Å². The summed E-state index contributed by atoms with van der Waals surface area (Å²) in [6.45, 7) is 0.571. The second kappa shape index (κ2) is 7.68. The number of thioether (sulfide) groups is 1. The highest BCUT2D eigenvalue weighted by molar-refractivity contribution is 7.99. The van der Waals surface area contributed by atoms with E-state index in [1.54, 1.807) is 11.8 Å². The third kappa shape index (κ3) is 5.11. The van der Waals surface area contributed by atoms with Crippen LogP contribution in [0.25, 0.3) is 0 Å². The molecule has 1 saturated heterocycles. The summed E-state index contributed by atoms with van der Waals surface area (Å²) in [5, 5.41) is 7.40. The second-order valence-electron chi connectivity index (χ2n) is 4.57. The Morgan fingerprint density at radius 1 is 1.24 bits per heavy atom. The van der Waals surface area contributed by atoms with Crippen molar-refractivity contribution in [2.24, 2.45) is 0 Å². The Bertz CT molecular complexity index is 521. The van der Waals surface area contributed by atoms with Crippen molar-refractivity contribution in [2.75, 3.05) is 12.3 Å². The molecule has 6 nitrogen and oxygen atoms in total. The zero-order chi connectivity index (χ0) is 15.1. The molecule has 4 amide bonds. The van der Waals surface area contributed by atoms with Crippen molar-refractivity contribution in [1.29, 1.82) is 0 Å². The zero-order valence-electron chi connectivity index (χ0n) is 11.4. The van der Waals surface area contributed by atoms with Gasteiger partial charge < -0.3 is 10.6 Å². The number of benzene rings is 1. The van der Waals surface area contributed by atoms with Crippen molar-refractivity contribution in [2.45, 2.75) is 23.8 Å². The average Bonchev–Trinajstić information content (AvgIpc) is 2.80. The van der Waals surface area contributed by atoms with Crippen LogP contribution in [0, 0.1) is 0 Å². The van der Waals surface area contributed by atoms with Crippen molar-refractivity contribution in [1.82, 2.24) is 16.0 Å². The lowest BCUT2D eigenvalue weighted by Gasteiger charge is -2.08. The Morgan fingerprint density at radius 3 is 2.67 bits per heavy atom. The Labute approximate surface area is 127 Å². The highest BCUT2D eigenvalue weighted by Crippen LogP contribution is 2.15. The van der Waals surface area contributed by atoms with E-state index in [2.05, 4.69) is 16.0 Å². The van der Waals surface area contributed by atoms with E-state index >= 15 is 0 Å². The number of carbonyl (C=O) groups excluding carboxylic acids is 3.